The van der Waals surface area contributed by atoms with Crippen LogP contribution in [0.4, 0.5) is 5.69 Å². The van der Waals surface area contributed by atoms with Crippen LogP contribution < -0.4 is 15.8 Å². The molecule has 3 rings (SSSR count). The minimum Gasteiger partial charge on any atom is -0.490 e. The Balaban J connectivity index is 0.00000261. The number of halogens is 1. The number of hydrogen-bond donors (Lipinski definition) is 3. The summed E-state index contributed by atoms with van der Waals surface area (Å²) in [7, 11) is 0. The lowest BCUT2D eigenvalue weighted by atomic mass is 9.77. The summed E-state index contributed by atoms with van der Waals surface area (Å²) in [6.07, 6.45) is 2.18. The van der Waals surface area contributed by atoms with E-state index >= 15 is 0 Å². The summed E-state index contributed by atoms with van der Waals surface area (Å²) in [6, 6.07) is 12.5. The summed E-state index contributed by atoms with van der Waals surface area (Å²) in [6.45, 7) is 6.56. The molecule has 4 N–H and O–H groups in total. The molecular formula is C21H26ClN3O2. The van der Waals surface area contributed by atoms with Crippen molar-refractivity contribution in [3.05, 3.63) is 59.2 Å². The second kappa shape index (κ2) is 8.01. The first kappa shape index (κ1) is 20.8. The first-order chi connectivity index (χ1) is 12.3. The molecule has 0 spiro atoms. The van der Waals surface area contributed by atoms with Gasteiger partial charge in [0.05, 0.1) is 6.10 Å². The standard InChI is InChI=1S/C21H25N3O2.ClH/c1-4-16-12-21(2,3)17-11-15(9-10-18(17)26-16)24-20(25)14-7-5-13(6-8-14)19(22)23;/h5-11,16H,4,12H2,1-3H3,(H3,22,23)(H,24,25);1H. The average molecular weight is 388 g/mol. The molecule has 1 atom stereocenters. The Labute approximate surface area is 166 Å². The van der Waals surface area contributed by atoms with Crippen molar-refractivity contribution >= 4 is 29.8 Å². The normalized spacial score (nSPS) is 17.1. The van der Waals surface area contributed by atoms with Crippen LogP contribution in [0, 0.1) is 5.41 Å². The van der Waals surface area contributed by atoms with Crippen LogP contribution in [0.25, 0.3) is 0 Å². The number of ether oxygens (including phenoxy) is 1. The van der Waals surface area contributed by atoms with Crippen LogP contribution in [-0.4, -0.2) is 17.8 Å². The highest BCUT2D eigenvalue weighted by atomic mass is 35.5. The third kappa shape index (κ3) is 4.42. The molecule has 27 heavy (non-hydrogen) atoms. The van der Waals surface area contributed by atoms with Crippen LogP contribution in [0.1, 0.15) is 55.1 Å². The van der Waals surface area contributed by atoms with Gasteiger partial charge in [-0.25, -0.2) is 0 Å². The first-order valence-electron chi connectivity index (χ1n) is 8.87. The molecular weight excluding hydrogens is 362 g/mol. The zero-order valence-electron chi connectivity index (χ0n) is 15.8. The Kier molecular flexibility index (Phi) is 6.16. The lowest BCUT2D eigenvalue weighted by Gasteiger charge is -2.37. The fourth-order valence-corrected chi connectivity index (χ4v) is 3.37. The van der Waals surface area contributed by atoms with Gasteiger partial charge in [-0.15, -0.1) is 12.4 Å². The minimum absolute atomic E-state index is 0. The number of amidine groups is 1. The van der Waals surface area contributed by atoms with E-state index in [1.54, 1.807) is 24.3 Å². The molecule has 1 aliphatic heterocycles. The summed E-state index contributed by atoms with van der Waals surface area (Å²) >= 11 is 0. The number of rotatable bonds is 4. The number of fused-ring (bicyclic) bond motifs is 1. The maximum Gasteiger partial charge on any atom is 0.255 e. The number of anilines is 1. The second-order valence-electron chi connectivity index (χ2n) is 7.39. The van der Waals surface area contributed by atoms with E-state index in [4.69, 9.17) is 15.9 Å². The highest BCUT2D eigenvalue weighted by molar-refractivity contribution is 6.05. The third-order valence-electron chi connectivity index (χ3n) is 4.91. The van der Waals surface area contributed by atoms with Gasteiger partial charge in [-0.2, -0.15) is 0 Å². The number of nitrogens with two attached hydrogens (primary N) is 1. The average Bonchev–Trinajstić information content (AvgIpc) is 2.61. The van der Waals surface area contributed by atoms with E-state index in [1.807, 2.05) is 18.2 Å². The van der Waals surface area contributed by atoms with Gasteiger partial charge in [0, 0.05) is 22.4 Å². The number of nitrogens with one attached hydrogen (secondary N) is 2. The van der Waals surface area contributed by atoms with Crippen molar-refractivity contribution in [3.8, 4) is 5.75 Å². The van der Waals surface area contributed by atoms with Gasteiger partial charge in [0.25, 0.3) is 5.91 Å². The van der Waals surface area contributed by atoms with Crippen molar-refractivity contribution in [2.24, 2.45) is 5.73 Å². The van der Waals surface area contributed by atoms with Crippen LogP contribution in [0.5, 0.6) is 5.75 Å². The van der Waals surface area contributed by atoms with Crippen molar-refractivity contribution in [3.63, 3.8) is 0 Å². The highest BCUT2D eigenvalue weighted by Crippen LogP contribution is 2.42. The fraction of sp³-hybridized carbons (Fsp3) is 0.333. The number of carbonyl (C=O) groups is 1. The summed E-state index contributed by atoms with van der Waals surface area (Å²) in [5, 5.41) is 10.4. The van der Waals surface area contributed by atoms with Crippen molar-refractivity contribution < 1.29 is 9.53 Å². The molecule has 0 radical (unpaired) electrons. The Morgan fingerprint density at radius 2 is 1.85 bits per heavy atom. The molecule has 2 aromatic rings. The molecule has 0 saturated heterocycles. The number of amides is 1. The van der Waals surface area contributed by atoms with Crippen molar-refractivity contribution in [1.29, 1.82) is 5.41 Å². The monoisotopic (exact) mass is 387 g/mol. The molecule has 0 bridgehead atoms. The van der Waals surface area contributed by atoms with Gasteiger partial charge in [-0.3, -0.25) is 10.2 Å². The van der Waals surface area contributed by atoms with Crippen molar-refractivity contribution in [1.82, 2.24) is 0 Å². The van der Waals surface area contributed by atoms with Crippen LogP contribution in [0.3, 0.4) is 0 Å². The first-order valence-corrected chi connectivity index (χ1v) is 8.87. The van der Waals surface area contributed by atoms with E-state index in [1.165, 1.54) is 0 Å². The van der Waals surface area contributed by atoms with E-state index in [0.29, 0.717) is 11.1 Å². The lowest BCUT2D eigenvalue weighted by Crippen LogP contribution is -2.34. The topological polar surface area (TPSA) is 88.2 Å². The molecule has 1 aliphatic rings. The third-order valence-corrected chi connectivity index (χ3v) is 4.91. The molecule has 1 heterocycles. The summed E-state index contributed by atoms with van der Waals surface area (Å²) in [5.74, 6) is 0.692. The molecule has 2 aromatic carbocycles. The predicted molar refractivity (Wildman–Crippen MR) is 111 cm³/mol. The minimum atomic E-state index is -0.193. The molecule has 144 valence electrons. The van der Waals surface area contributed by atoms with Gasteiger partial charge in [-0.1, -0.05) is 32.9 Å². The Hall–Kier alpha value is -2.53. The van der Waals surface area contributed by atoms with Crippen LogP contribution in [-0.2, 0) is 5.41 Å². The molecule has 0 aromatic heterocycles. The number of hydrogen-bond acceptors (Lipinski definition) is 3. The Morgan fingerprint density at radius 3 is 2.44 bits per heavy atom. The summed E-state index contributed by atoms with van der Waals surface area (Å²) in [4.78, 5) is 12.5. The number of carbonyl (C=O) groups excluding carboxylic acids is 1. The van der Waals surface area contributed by atoms with Gasteiger partial charge in [0.2, 0.25) is 0 Å². The predicted octanol–water partition coefficient (Wildman–Crippen LogP) is 4.48. The van der Waals surface area contributed by atoms with Crippen LogP contribution >= 0.6 is 12.4 Å². The lowest BCUT2D eigenvalue weighted by molar-refractivity contribution is 0.102. The molecule has 1 amide bonds. The van der Waals surface area contributed by atoms with Gasteiger partial charge in [0.1, 0.15) is 11.6 Å². The van der Waals surface area contributed by atoms with E-state index < -0.39 is 0 Å². The number of benzene rings is 2. The van der Waals surface area contributed by atoms with Gasteiger partial charge in [-0.05, 0) is 48.6 Å². The molecule has 6 heteroatoms. The van der Waals surface area contributed by atoms with E-state index in [0.717, 1.165) is 29.8 Å². The van der Waals surface area contributed by atoms with Gasteiger partial charge >= 0.3 is 0 Å². The maximum absolute atomic E-state index is 12.5. The summed E-state index contributed by atoms with van der Waals surface area (Å²) in [5.41, 5.74) is 8.43. The van der Waals surface area contributed by atoms with Crippen LogP contribution in [0.2, 0.25) is 0 Å². The Morgan fingerprint density at radius 1 is 1.22 bits per heavy atom. The van der Waals surface area contributed by atoms with Gasteiger partial charge < -0.3 is 15.8 Å². The van der Waals surface area contributed by atoms with E-state index in [2.05, 4.69) is 26.1 Å². The van der Waals surface area contributed by atoms with Gasteiger partial charge in [0.15, 0.2) is 0 Å². The molecule has 5 nitrogen and oxygen atoms in total. The molecule has 0 fully saturated rings. The maximum atomic E-state index is 12.5. The van der Waals surface area contributed by atoms with E-state index in [9.17, 15) is 4.79 Å². The molecule has 1 unspecified atom stereocenters. The van der Waals surface area contributed by atoms with Crippen LogP contribution in [0.15, 0.2) is 42.5 Å². The Bertz CT molecular complexity index is 847. The number of nitrogen functional groups attached to an aromatic ring is 1. The summed E-state index contributed by atoms with van der Waals surface area (Å²) < 4.78 is 6.05. The highest BCUT2D eigenvalue weighted by Gasteiger charge is 2.33. The fourth-order valence-electron chi connectivity index (χ4n) is 3.37. The molecule has 0 aliphatic carbocycles. The second-order valence-corrected chi connectivity index (χ2v) is 7.39. The van der Waals surface area contributed by atoms with Crippen molar-refractivity contribution in [2.45, 2.75) is 45.1 Å². The van der Waals surface area contributed by atoms with E-state index in [-0.39, 0.29) is 35.7 Å². The largest absolute Gasteiger partial charge is 0.490 e. The molecule has 0 saturated carbocycles. The SMILES string of the molecule is CCC1CC(C)(C)c2cc(NC(=O)c3ccc(C(=N)N)cc3)ccc2O1.Cl. The smallest absolute Gasteiger partial charge is 0.255 e. The quantitative estimate of drug-likeness (QED) is 0.533. The van der Waals surface area contributed by atoms with Crippen molar-refractivity contribution in [2.75, 3.05) is 5.32 Å². The zero-order valence-corrected chi connectivity index (χ0v) is 16.7. The zero-order chi connectivity index (χ0) is 18.9.